The molecule has 2 aliphatic heterocycles. The first-order valence-electron chi connectivity index (χ1n) is 9.42. The van der Waals surface area contributed by atoms with Crippen molar-refractivity contribution in [2.45, 2.75) is 31.7 Å². The highest BCUT2D eigenvalue weighted by Crippen LogP contribution is 2.48. The summed E-state index contributed by atoms with van der Waals surface area (Å²) in [6.07, 6.45) is 5.60. The SMILES string of the molecule is c1ccc2c(c1)OC[C@H]1[C@H](COCC3CC3)CN(CC3CC3)[C@@H]21. The summed E-state index contributed by atoms with van der Waals surface area (Å²) in [5.74, 6) is 4.14. The Morgan fingerprint density at radius 3 is 2.70 bits per heavy atom. The second kappa shape index (κ2) is 5.78. The van der Waals surface area contributed by atoms with E-state index in [1.165, 1.54) is 44.3 Å². The first kappa shape index (κ1) is 14.3. The van der Waals surface area contributed by atoms with Crippen LogP contribution in [0, 0.1) is 23.7 Å². The van der Waals surface area contributed by atoms with Crippen LogP contribution in [0.15, 0.2) is 24.3 Å². The van der Waals surface area contributed by atoms with Crippen molar-refractivity contribution >= 4 is 0 Å². The Hall–Kier alpha value is -1.06. The average molecular weight is 313 g/mol. The van der Waals surface area contributed by atoms with Crippen molar-refractivity contribution in [3.8, 4) is 5.75 Å². The molecule has 3 fully saturated rings. The minimum absolute atomic E-state index is 0.551. The molecule has 4 aliphatic rings. The molecule has 3 heteroatoms. The first-order valence-corrected chi connectivity index (χ1v) is 9.42. The molecule has 0 N–H and O–H groups in total. The summed E-state index contributed by atoms with van der Waals surface area (Å²) in [6, 6.07) is 9.22. The lowest BCUT2D eigenvalue weighted by molar-refractivity contribution is 0.0641. The number of hydrogen-bond donors (Lipinski definition) is 0. The van der Waals surface area contributed by atoms with Gasteiger partial charge in [-0.15, -0.1) is 0 Å². The minimum Gasteiger partial charge on any atom is -0.493 e. The molecule has 2 aliphatic carbocycles. The van der Waals surface area contributed by atoms with Crippen molar-refractivity contribution in [3.05, 3.63) is 29.8 Å². The van der Waals surface area contributed by atoms with Gasteiger partial charge in [0.1, 0.15) is 5.75 Å². The van der Waals surface area contributed by atoms with Crippen LogP contribution in [0.25, 0.3) is 0 Å². The van der Waals surface area contributed by atoms with E-state index in [1.807, 2.05) is 0 Å². The number of ether oxygens (including phenoxy) is 2. The number of likely N-dealkylation sites (tertiary alicyclic amines) is 1. The van der Waals surface area contributed by atoms with E-state index >= 15 is 0 Å². The fourth-order valence-electron chi connectivity index (χ4n) is 4.44. The van der Waals surface area contributed by atoms with Gasteiger partial charge >= 0.3 is 0 Å². The van der Waals surface area contributed by atoms with Gasteiger partial charge in [-0.3, -0.25) is 4.90 Å². The molecule has 0 radical (unpaired) electrons. The van der Waals surface area contributed by atoms with Crippen molar-refractivity contribution in [1.29, 1.82) is 0 Å². The molecule has 0 spiro atoms. The topological polar surface area (TPSA) is 21.7 Å². The van der Waals surface area contributed by atoms with Gasteiger partial charge in [-0.1, -0.05) is 18.2 Å². The molecule has 5 rings (SSSR count). The summed E-state index contributed by atoms with van der Waals surface area (Å²) in [5.41, 5.74) is 1.41. The van der Waals surface area contributed by atoms with Gasteiger partial charge in [0.25, 0.3) is 0 Å². The van der Waals surface area contributed by atoms with Crippen LogP contribution in [0.5, 0.6) is 5.75 Å². The van der Waals surface area contributed by atoms with Gasteiger partial charge in [-0.25, -0.2) is 0 Å². The monoisotopic (exact) mass is 313 g/mol. The largest absolute Gasteiger partial charge is 0.493 e. The highest BCUT2D eigenvalue weighted by molar-refractivity contribution is 5.39. The van der Waals surface area contributed by atoms with E-state index in [9.17, 15) is 0 Å². The number of hydrogen-bond acceptors (Lipinski definition) is 3. The first-order chi connectivity index (χ1) is 11.4. The number of benzene rings is 1. The van der Waals surface area contributed by atoms with Crippen LogP contribution in [0.3, 0.4) is 0 Å². The molecule has 124 valence electrons. The predicted octanol–water partition coefficient (Wildman–Crippen LogP) is 3.50. The Kier molecular flexibility index (Phi) is 3.60. The van der Waals surface area contributed by atoms with Crippen LogP contribution in [0.4, 0.5) is 0 Å². The highest BCUT2D eigenvalue weighted by Gasteiger charge is 2.47. The van der Waals surface area contributed by atoms with Gasteiger partial charge < -0.3 is 9.47 Å². The molecule has 0 bridgehead atoms. The fourth-order valence-corrected chi connectivity index (χ4v) is 4.44. The molecule has 0 aromatic heterocycles. The van der Waals surface area contributed by atoms with E-state index in [0.717, 1.165) is 37.4 Å². The zero-order chi connectivity index (χ0) is 15.2. The summed E-state index contributed by atoms with van der Waals surface area (Å²) in [5, 5.41) is 0. The zero-order valence-corrected chi connectivity index (χ0v) is 13.8. The molecule has 23 heavy (non-hydrogen) atoms. The van der Waals surface area contributed by atoms with Gasteiger partial charge in [0.2, 0.25) is 0 Å². The second-order valence-corrected chi connectivity index (χ2v) is 8.10. The number of rotatable bonds is 6. The van der Waals surface area contributed by atoms with Gasteiger partial charge in [-0.2, -0.15) is 0 Å². The lowest BCUT2D eigenvalue weighted by atomic mass is 9.85. The quantitative estimate of drug-likeness (QED) is 0.802. The Labute approximate surface area is 139 Å². The van der Waals surface area contributed by atoms with Crippen molar-refractivity contribution < 1.29 is 9.47 Å². The summed E-state index contributed by atoms with van der Waals surface area (Å²) < 4.78 is 12.2. The third kappa shape index (κ3) is 2.89. The minimum atomic E-state index is 0.551. The molecule has 0 unspecified atom stereocenters. The summed E-state index contributed by atoms with van der Waals surface area (Å²) in [4.78, 5) is 2.74. The Morgan fingerprint density at radius 2 is 1.87 bits per heavy atom. The van der Waals surface area contributed by atoms with Gasteiger partial charge in [0.05, 0.1) is 13.2 Å². The highest BCUT2D eigenvalue weighted by atomic mass is 16.5. The van der Waals surface area contributed by atoms with Crippen LogP contribution in [-0.4, -0.2) is 37.8 Å². The molecule has 1 saturated heterocycles. The van der Waals surface area contributed by atoms with Crippen molar-refractivity contribution in [2.75, 3.05) is 32.9 Å². The predicted molar refractivity (Wildman–Crippen MR) is 89.5 cm³/mol. The van der Waals surface area contributed by atoms with Crippen molar-refractivity contribution in [3.63, 3.8) is 0 Å². The van der Waals surface area contributed by atoms with E-state index in [4.69, 9.17) is 9.47 Å². The Bertz CT molecular complexity index is 567. The molecule has 3 atom stereocenters. The van der Waals surface area contributed by atoms with E-state index < -0.39 is 0 Å². The van der Waals surface area contributed by atoms with Gasteiger partial charge in [0.15, 0.2) is 0 Å². The van der Waals surface area contributed by atoms with E-state index in [1.54, 1.807) is 0 Å². The van der Waals surface area contributed by atoms with Crippen molar-refractivity contribution in [2.24, 2.45) is 23.7 Å². The number of para-hydroxylation sites is 1. The Morgan fingerprint density at radius 1 is 1.04 bits per heavy atom. The van der Waals surface area contributed by atoms with E-state index in [-0.39, 0.29) is 0 Å². The third-order valence-electron chi connectivity index (χ3n) is 6.11. The van der Waals surface area contributed by atoms with Crippen LogP contribution >= 0.6 is 0 Å². The van der Waals surface area contributed by atoms with Crippen LogP contribution < -0.4 is 4.74 Å². The third-order valence-corrected chi connectivity index (χ3v) is 6.11. The molecule has 2 heterocycles. The maximum atomic E-state index is 6.09. The molecule has 1 aromatic carbocycles. The zero-order valence-electron chi connectivity index (χ0n) is 13.8. The van der Waals surface area contributed by atoms with Gasteiger partial charge in [-0.05, 0) is 43.6 Å². The summed E-state index contributed by atoms with van der Waals surface area (Å²) >= 11 is 0. The van der Waals surface area contributed by atoms with E-state index in [0.29, 0.717) is 17.9 Å². The smallest absolute Gasteiger partial charge is 0.124 e. The van der Waals surface area contributed by atoms with E-state index in [2.05, 4.69) is 29.2 Å². The average Bonchev–Trinajstić information content (AvgIpc) is 3.48. The molecule has 3 nitrogen and oxygen atoms in total. The lowest BCUT2D eigenvalue weighted by Crippen LogP contribution is -2.33. The molecule has 1 aromatic rings. The molecular weight excluding hydrogens is 286 g/mol. The van der Waals surface area contributed by atoms with Crippen molar-refractivity contribution in [1.82, 2.24) is 4.90 Å². The maximum Gasteiger partial charge on any atom is 0.124 e. The second-order valence-electron chi connectivity index (χ2n) is 8.10. The standard InChI is InChI=1S/C20H27NO2/c1-2-4-19-17(3-1)20-18(13-23-19)16(12-22-11-15-7-8-15)10-21(20)9-14-5-6-14/h1-4,14-16,18,20H,5-13H2/t16-,18-,20-/m0/s1. The normalized spacial score (nSPS) is 33.1. The van der Waals surface area contributed by atoms with Crippen LogP contribution in [-0.2, 0) is 4.74 Å². The fraction of sp³-hybridized carbons (Fsp3) is 0.700. The van der Waals surface area contributed by atoms with Gasteiger partial charge in [0, 0.05) is 43.1 Å². The van der Waals surface area contributed by atoms with Crippen LogP contribution in [0.2, 0.25) is 0 Å². The lowest BCUT2D eigenvalue weighted by Gasteiger charge is -2.34. The molecular formula is C20H27NO2. The summed E-state index contributed by atoms with van der Waals surface area (Å²) in [7, 11) is 0. The van der Waals surface area contributed by atoms with Crippen LogP contribution in [0.1, 0.15) is 37.3 Å². The number of nitrogens with zero attached hydrogens (tertiary/aromatic N) is 1. The Balaban J connectivity index is 1.34. The maximum absolute atomic E-state index is 6.09. The number of fused-ring (bicyclic) bond motifs is 3. The molecule has 0 amide bonds. The summed E-state index contributed by atoms with van der Waals surface area (Å²) in [6.45, 7) is 5.22. The molecule has 2 saturated carbocycles.